The molecule has 0 saturated heterocycles. The highest BCUT2D eigenvalue weighted by atomic mass is 79.9. The van der Waals surface area contributed by atoms with Crippen LogP contribution in [0.3, 0.4) is 0 Å². The third-order valence-electron chi connectivity index (χ3n) is 1.60. The van der Waals surface area contributed by atoms with Gasteiger partial charge in [0.15, 0.2) is 5.75 Å². The summed E-state index contributed by atoms with van der Waals surface area (Å²) in [6.07, 6.45) is -4.86. The maximum absolute atomic E-state index is 11.9. The first-order valence-corrected chi connectivity index (χ1v) is 4.97. The van der Waals surface area contributed by atoms with Crippen molar-refractivity contribution in [1.29, 1.82) is 0 Å². The van der Waals surface area contributed by atoms with Crippen molar-refractivity contribution < 1.29 is 23.0 Å². The predicted molar refractivity (Wildman–Crippen MR) is 50.0 cm³/mol. The number of halogens is 4. The molecule has 0 spiro atoms. The molecule has 1 N–H and O–H groups in total. The molecule has 0 atom stereocenters. The summed E-state index contributed by atoms with van der Waals surface area (Å²) in [4.78, 5) is 3.54. The number of alkyl halides is 4. The Labute approximate surface area is 92.0 Å². The second-order valence-corrected chi connectivity index (χ2v) is 3.32. The molecule has 0 aromatic carbocycles. The van der Waals surface area contributed by atoms with Gasteiger partial charge in [-0.3, -0.25) is 0 Å². The molecule has 7 heteroatoms. The largest absolute Gasteiger partial charge is 0.574 e. The van der Waals surface area contributed by atoms with E-state index < -0.39 is 18.0 Å². The molecule has 1 aromatic heterocycles. The van der Waals surface area contributed by atoms with Gasteiger partial charge < -0.3 is 9.84 Å². The number of aromatic nitrogens is 1. The molecular weight excluding hydrogens is 279 g/mol. The molecule has 0 saturated carbocycles. The Hall–Kier alpha value is -0.980. The normalized spacial score (nSPS) is 11.5. The van der Waals surface area contributed by atoms with Crippen molar-refractivity contribution in [2.75, 3.05) is 0 Å². The summed E-state index contributed by atoms with van der Waals surface area (Å²) in [5.41, 5.74) is 0.964. The summed E-state index contributed by atoms with van der Waals surface area (Å²) >= 11 is 3.07. The minimum Gasteiger partial charge on any atom is -0.503 e. The number of nitrogens with zero attached hydrogens (tertiary/aromatic N) is 1. The Morgan fingerprint density at radius 1 is 1.53 bits per heavy atom. The Balaban J connectivity index is 3.08. The summed E-state index contributed by atoms with van der Waals surface area (Å²) in [7, 11) is 0. The van der Waals surface area contributed by atoms with Crippen LogP contribution in [0, 0.1) is 6.92 Å². The van der Waals surface area contributed by atoms with E-state index in [1.807, 2.05) is 0 Å². The van der Waals surface area contributed by atoms with Gasteiger partial charge >= 0.3 is 6.36 Å². The zero-order valence-corrected chi connectivity index (χ0v) is 9.18. The second-order valence-electron chi connectivity index (χ2n) is 2.76. The van der Waals surface area contributed by atoms with E-state index in [9.17, 15) is 18.3 Å². The van der Waals surface area contributed by atoms with Crippen LogP contribution in [0.25, 0.3) is 0 Å². The number of pyridine rings is 1. The van der Waals surface area contributed by atoms with Crippen molar-refractivity contribution in [3.8, 4) is 11.6 Å². The van der Waals surface area contributed by atoms with E-state index in [2.05, 4.69) is 25.7 Å². The molecule has 84 valence electrons. The van der Waals surface area contributed by atoms with Gasteiger partial charge in [-0.25, -0.2) is 4.98 Å². The molecule has 0 unspecified atom stereocenters. The summed E-state index contributed by atoms with van der Waals surface area (Å²) in [5.74, 6) is -1.46. The highest BCUT2D eigenvalue weighted by Crippen LogP contribution is 2.31. The number of aryl methyl sites for hydroxylation is 1. The maximum Gasteiger partial charge on any atom is 0.574 e. The first-order chi connectivity index (χ1) is 6.83. The van der Waals surface area contributed by atoms with Crippen LogP contribution >= 0.6 is 15.9 Å². The van der Waals surface area contributed by atoms with Gasteiger partial charge in [-0.2, -0.15) is 0 Å². The molecule has 0 aliphatic carbocycles. The second kappa shape index (κ2) is 4.26. The number of hydrogen-bond acceptors (Lipinski definition) is 3. The highest BCUT2D eigenvalue weighted by molar-refractivity contribution is 9.08. The fourth-order valence-corrected chi connectivity index (χ4v) is 1.51. The van der Waals surface area contributed by atoms with E-state index in [1.165, 1.54) is 6.07 Å². The summed E-state index contributed by atoms with van der Waals surface area (Å²) in [5, 5.41) is 9.46. The van der Waals surface area contributed by atoms with Crippen LogP contribution < -0.4 is 4.74 Å². The maximum atomic E-state index is 11.9. The van der Waals surface area contributed by atoms with Crippen LogP contribution in [0.5, 0.6) is 11.6 Å². The average Bonchev–Trinajstić information content (AvgIpc) is 2.07. The minimum absolute atomic E-state index is 0.285. The number of hydrogen-bond donors (Lipinski definition) is 1. The van der Waals surface area contributed by atoms with Crippen molar-refractivity contribution in [1.82, 2.24) is 4.98 Å². The summed E-state index contributed by atoms with van der Waals surface area (Å²) in [6, 6.07) is 1.17. The molecular formula is C8H7BrF3NO2. The van der Waals surface area contributed by atoms with E-state index in [1.54, 1.807) is 6.92 Å². The zero-order valence-electron chi connectivity index (χ0n) is 7.60. The summed E-state index contributed by atoms with van der Waals surface area (Å²) < 4.78 is 39.2. The molecule has 0 amide bonds. The Morgan fingerprint density at radius 3 is 2.60 bits per heavy atom. The standard InChI is InChI=1S/C8H7BrF3NO2/c1-4-2-6(14)7(13-5(4)3-9)15-8(10,11)12/h2,14H,3H2,1H3. The van der Waals surface area contributed by atoms with Crippen molar-refractivity contribution in [2.24, 2.45) is 0 Å². The lowest BCUT2D eigenvalue weighted by atomic mass is 10.2. The van der Waals surface area contributed by atoms with Crippen molar-refractivity contribution in [2.45, 2.75) is 18.6 Å². The van der Waals surface area contributed by atoms with Crippen molar-refractivity contribution in [3.63, 3.8) is 0 Å². The fraction of sp³-hybridized carbons (Fsp3) is 0.375. The van der Waals surface area contributed by atoms with Crippen LogP contribution in [0.2, 0.25) is 0 Å². The molecule has 0 radical (unpaired) electrons. The van der Waals surface area contributed by atoms with Gasteiger partial charge in [0, 0.05) is 5.33 Å². The lowest BCUT2D eigenvalue weighted by molar-refractivity contribution is -0.276. The minimum atomic E-state index is -4.86. The molecule has 0 aliphatic heterocycles. The SMILES string of the molecule is Cc1cc(O)c(OC(F)(F)F)nc1CBr. The van der Waals surface area contributed by atoms with Crippen molar-refractivity contribution in [3.05, 3.63) is 17.3 Å². The molecule has 1 aromatic rings. The van der Waals surface area contributed by atoms with Crippen LogP contribution in [0.1, 0.15) is 11.3 Å². The molecule has 0 bridgehead atoms. The first-order valence-electron chi connectivity index (χ1n) is 3.84. The Morgan fingerprint density at radius 2 is 2.13 bits per heavy atom. The number of rotatable bonds is 2. The van der Waals surface area contributed by atoms with Gasteiger partial charge in [-0.05, 0) is 18.6 Å². The quantitative estimate of drug-likeness (QED) is 0.850. The van der Waals surface area contributed by atoms with Gasteiger partial charge in [0.25, 0.3) is 5.88 Å². The van der Waals surface area contributed by atoms with E-state index in [0.717, 1.165) is 0 Å². The lowest BCUT2D eigenvalue weighted by Crippen LogP contribution is -2.18. The van der Waals surface area contributed by atoms with Gasteiger partial charge in [0.05, 0.1) is 5.69 Å². The van der Waals surface area contributed by atoms with Crippen LogP contribution in [-0.2, 0) is 5.33 Å². The Bertz CT molecular complexity index is 368. The third-order valence-corrected chi connectivity index (χ3v) is 2.13. The van der Waals surface area contributed by atoms with Gasteiger partial charge in [-0.15, -0.1) is 13.2 Å². The van der Waals surface area contributed by atoms with E-state index in [-0.39, 0.29) is 5.33 Å². The van der Waals surface area contributed by atoms with Gasteiger partial charge in [0.1, 0.15) is 0 Å². The Kier molecular flexibility index (Phi) is 3.43. The molecule has 15 heavy (non-hydrogen) atoms. The van der Waals surface area contributed by atoms with Crippen LogP contribution in [0.15, 0.2) is 6.07 Å². The van der Waals surface area contributed by atoms with Crippen LogP contribution in [-0.4, -0.2) is 16.5 Å². The molecule has 0 aliphatic rings. The average molecular weight is 286 g/mol. The van der Waals surface area contributed by atoms with Gasteiger partial charge in [0.2, 0.25) is 0 Å². The zero-order chi connectivity index (χ0) is 11.6. The van der Waals surface area contributed by atoms with E-state index in [0.29, 0.717) is 11.3 Å². The molecule has 3 nitrogen and oxygen atoms in total. The summed E-state index contributed by atoms with van der Waals surface area (Å²) in [6.45, 7) is 1.63. The smallest absolute Gasteiger partial charge is 0.503 e. The van der Waals surface area contributed by atoms with E-state index >= 15 is 0 Å². The molecule has 1 heterocycles. The van der Waals surface area contributed by atoms with Crippen molar-refractivity contribution >= 4 is 15.9 Å². The first kappa shape index (κ1) is 12.1. The third kappa shape index (κ3) is 3.26. The molecule has 0 fully saturated rings. The number of ether oxygens (including phenoxy) is 1. The van der Waals surface area contributed by atoms with Gasteiger partial charge in [-0.1, -0.05) is 15.9 Å². The topological polar surface area (TPSA) is 42.4 Å². The fourth-order valence-electron chi connectivity index (χ4n) is 0.938. The number of aromatic hydroxyl groups is 1. The lowest BCUT2D eigenvalue weighted by Gasteiger charge is -2.11. The monoisotopic (exact) mass is 285 g/mol. The predicted octanol–water partition coefficient (Wildman–Crippen LogP) is 2.89. The van der Waals surface area contributed by atoms with Crippen LogP contribution in [0.4, 0.5) is 13.2 Å². The van der Waals surface area contributed by atoms with E-state index in [4.69, 9.17) is 0 Å². The highest BCUT2D eigenvalue weighted by Gasteiger charge is 2.33. The molecule has 1 rings (SSSR count).